The molecule has 15 rings (SSSR count). The van der Waals surface area contributed by atoms with Gasteiger partial charge in [-0.3, -0.25) is 9.80 Å². The molecule has 7 heteroatoms. The highest BCUT2D eigenvalue weighted by atomic mass is 16.2. The number of carbonyl (C=O) groups is 1. The van der Waals surface area contributed by atoms with Crippen molar-refractivity contribution in [1.82, 2.24) is 9.13 Å². The average molecular weight is 1120 g/mol. The van der Waals surface area contributed by atoms with Crippen LogP contribution in [0.15, 0.2) is 194 Å². The number of benzene rings is 10. The molecule has 12 aromatic rings. The summed E-state index contributed by atoms with van der Waals surface area (Å²) in [6.45, 7) is 28.1. The van der Waals surface area contributed by atoms with Crippen LogP contribution in [0.4, 0.5) is 27.5 Å². The van der Waals surface area contributed by atoms with Gasteiger partial charge in [-0.05, 0) is 123 Å². The van der Waals surface area contributed by atoms with E-state index in [0.717, 1.165) is 104 Å². The Labute approximate surface area is 508 Å². The first-order valence-electron chi connectivity index (χ1n) is 31.3. The van der Waals surface area contributed by atoms with E-state index < -0.39 is 0 Å². The first-order chi connectivity index (χ1) is 41.1. The summed E-state index contributed by atoms with van der Waals surface area (Å²) in [5.74, 6) is 0. The lowest BCUT2D eigenvalue weighted by atomic mass is 9.32. The molecule has 3 aliphatic rings. The average Bonchev–Trinajstić information content (AvgIpc) is 0.848. The van der Waals surface area contributed by atoms with Crippen molar-refractivity contribution >= 4 is 129 Å². The first-order valence-corrected chi connectivity index (χ1v) is 31.3. The molecule has 0 unspecified atom stereocenters. The van der Waals surface area contributed by atoms with Gasteiger partial charge in [-0.25, -0.2) is 4.79 Å². The molecule has 0 atom stereocenters. The lowest BCUT2D eigenvalue weighted by molar-refractivity contribution is 0.255. The number of hydrogen-bond donors (Lipinski definition) is 0. The van der Waals surface area contributed by atoms with Crippen molar-refractivity contribution in [3.63, 3.8) is 0 Å². The van der Waals surface area contributed by atoms with Crippen LogP contribution >= 0.6 is 0 Å². The highest BCUT2D eigenvalue weighted by Crippen LogP contribution is 2.49. The number of rotatable bonds is 8. The van der Waals surface area contributed by atoms with Gasteiger partial charge < -0.3 is 9.13 Å². The van der Waals surface area contributed by atoms with Gasteiger partial charge in [0.05, 0.1) is 33.4 Å². The van der Waals surface area contributed by atoms with Gasteiger partial charge in [-0.2, -0.15) is 0 Å². The van der Waals surface area contributed by atoms with E-state index in [1.165, 1.54) is 65.6 Å². The fraction of sp³-hybridized carbons (Fsp3) is 0.253. The van der Waals surface area contributed by atoms with Crippen molar-refractivity contribution in [3.05, 3.63) is 216 Å². The zero-order valence-corrected chi connectivity index (χ0v) is 52.2. The van der Waals surface area contributed by atoms with Crippen LogP contribution in [-0.4, -0.2) is 28.6 Å². The largest absolute Gasteiger partial charge is 0.338 e. The minimum atomic E-state index is -0.168. The molecule has 0 spiro atoms. The molecule has 0 radical (unpaired) electrons. The van der Waals surface area contributed by atoms with E-state index in [2.05, 4.69) is 296 Å². The van der Waals surface area contributed by atoms with Crippen molar-refractivity contribution in [2.75, 3.05) is 9.80 Å². The van der Waals surface area contributed by atoms with E-state index in [0.29, 0.717) is 0 Å². The second kappa shape index (κ2) is 19.2. The molecule has 0 aliphatic carbocycles. The van der Waals surface area contributed by atoms with Crippen LogP contribution in [0.2, 0.25) is 0 Å². The zero-order chi connectivity index (χ0) is 59.5. The molecule has 2 aromatic heterocycles. The monoisotopic (exact) mass is 1120 g/mol. The molecule has 0 saturated carbocycles. The molecule has 5 nitrogen and oxygen atoms in total. The van der Waals surface area contributed by atoms with Crippen molar-refractivity contribution in [2.45, 2.75) is 109 Å². The Morgan fingerprint density at radius 3 is 0.953 bits per heavy atom. The number of urea groups is 1. The number of amides is 2. The Kier molecular flexibility index (Phi) is 12.1. The maximum absolute atomic E-state index is 17.5. The Morgan fingerprint density at radius 2 is 0.640 bits per heavy atom. The third-order valence-corrected chi connectivity index (χ3v) is 18.5. The van der Waals surface area contributed by atoms with Crippen LogP contribution in [0.3, 0.4) is 0 Å². The number of aromatic nitrogens is 2. The molecule has 5 heterocycles. The third kappa shape index (κ3) is 8.69. The SMILES string of the molecule is CC(C)(C)Cc1cccc(CC(C)(C)C)c1B1c2ccc(-n3c4ccccc4c4ccccc43)cc2N2C(=O)N3c4cc(-n5c6ccccc6c6ccccc65)ccc4B(c4c(CC(C)(C)C)cccc4CC(C)(C)C)c4ccc5ccc1c2c5c43. The Bertz CT molecular complexity index is 4340. The normalized spacial score (nSPS) is 14.2. The lowest BCUT2D eigenvalue weighted by Gasteiger charge is -2.47. The lowest BCUT2D eigenvalue weighted by Crippen LogP contribution is -2.65. The quantitative estimate of drug-likeness (QED) is 0.140. The molecule has 0 bridgehead atoms. The van der Waals surface area contributed by atoms with Crippen LogP contribution < -0.4 is 42.6 Å². The van der Waals surface area contributed by atoms with Crippen molar-refractivity contribution in [1.29, 1.82) is 0 Å². The van der Waals surface area contributed by atoms with E-state index in [1.54, 1.807) is 0 Å². The van der Waals surface area contributed by atoms with Crippen LogP contribution in [0.1, 0.15) is 105 Å². The fourth-order valence-electron chi connectivity index (χ4n) is 15.7. The predicted octanol–water partition coefficient (Wildman–Crippen LogP) is 16.5. The van der Waals surface area contributed by atoms with Crippen LogP contribution in [0.5, 0.6) is 0 Å². The second-order valence-electron chi connectivity index (χ2n) is 30.1. The van der Waals surface area contributed by atoms with Crippen LogP contribution in [0.25, 0.3) is 65.8 Å². The standard InChI is InChI=1S/C79H76B2N4O/c1-76(2,3)45-50-23-21-24-51(46-77(4,5)6)71(50)80-60-41-37-54(82-64-31-17-13-27-56(64)57-28-14-18-32-65(57)82)43-68(60)84-73-62(80)39-35-49-36-40-63-74(70(49)73)85(75(84)86)69-44-55(83-66-33-19-15-29-58(66)59-30-16-20-34-67(59)83)38-42-61(69)81(63)72-52(47-78(7,8)9)25-22-26-53(72)48-79(10,11)12/h13-44H,45-48H2,1-12H3. The number of anilines is 4. The van der Waals surface area contributed by atoms with Crippen molar-refractivity contribution in [2.24, 2.45) is 21.7 Å². The minimum Gasteiger partial charge on any atom is -0.309 e. The predicted molar refractivity (Wildman–Crippen MR) is 370 cm³/mol. The molecule has 86 heavy (non-hydrogen) atoms. The number of para-hydroxylation sites is 4. The number of hydrogen-bond acceptors (Lipinski definition) is 1. The number of nitrogens with zero attached hydrogens (tertiary/aromatic N) is 4. The summed E-state index contributed by atoms with van der Waals surface area (Å²) in [5, 5.41) is 7.08. The highest BCUT2D eigenvalue weighted by Gasteiger charge is 2.50. The van der Waals surface area contributed by atoms with Gasteiger partial charge in [0.15, 0.2) is 0 Å². The summed E-state index contributed by atoms with van der Waals surface area (Å²) in [6, 6.07) is 72.8. The Hall–Kier alpha value is -8.54. The van der Waals surface area contributed by atoms with Gasteiger partial charge in [-0.1, -0.05) is 262 Å². The summed E-state index contributed by atoms with van der Waals surface area (Å²) in [7, 11) is 0. The number of carbonyl (C=O) groups excluding carboxylic acids is 1. The van der Waals surface area contributed by atoms with E-state index in [9.17, 15) is 0 Å². The maximum atomic E-state index is 17.5. The molecular formula is C79H76B2N4O. The Morgan fingerprint density at radius 1 is 0.337 bits per heavy atom. The molecule has 0 fully saturated rings. The highest BCUT2D eigenvalue weighted by molar-refractivity contribution is 7.00. The zero-order valence-electron chi connectivity index (χ0n) is 52.2. The van der Waals surface area contributed by atoms with Gasteiger partial charge in [0.1, 0.15) is 0 Å². The summed E-state index contributed by atoms with van der Waals surface area (Å²) in [5.41, 5.74) is 23.4. The molecule has 0 N–H and O–H groups in total. The van der Waals surface area contributed by atoms with Crippen molar-refractivity contribution in [3.8, 4) is 11.4 Å². The maximum Gasteiger partial charge on any atom is 0.338 e. The number of fused-ring (bicyclic) bond motifs is 10. The van der Waals surface area contributed by atoms with E-state index in [-0.39, 0.29) is 41.1 Å². The van der Waals surface area contributed by atoms with E-state index in [1.807, 2.05) is 0 Å². The fourth-order valence-corrected chi connectivity index (χ4v) is 15.7. The summed E-state index contributed by atoms with van der Waals surface area (Å²) in [4.78, 5) is 21.8. The Balaban J connectivity index is 1.08. The summed E-state index contributed by atoms with van der Waals surface area (Å²) < 4.78 is 4.83. The molecule has 10 aromatic carbocycles. The van der Waals surface area contributed by atoms with Crippen LogP contribution in [-0.2, 0) is 25.7 Å². The van der Waals surface area contributed by atoms with E-state index >= 15 is 4.79 Å². The molecule has 3 aliphatic heterocycles. The minimum absolute atomic E-state index is 0.0157. The van der Waals surface area contributed by atoms with Crippen LogP contribution in [0, 0.1) is 21.7 Å². The van der Waals surface area contributed by atoms with E-state index in [4.69, 9.17) is 0 Å². The third-order valence-electron chi connectivity index (χ3n) is 18.5. The van der Waals surface area contributed by atoms with Gasteiger partial charge in [0.2, 0.25) is 13.4 Å². The topological polar surface area (TPSA) is 33.4 Å². The molecular weight excluding hydrogens is 1040 g/mol. The van der Waals surface area contributed by atoms with Crippen molar-refractivity contribution < 1.29 is 4.79 Å². The summed E-state index contributed by atoms with van der Waals surface area (Å²) >= 11 is 0. The molecule has 2 amide bonds. The summed E-state index contributed by atoms with van der Waals surface area (Å²) in [6.07, 6.45) is 3.66. The smallest absolute Gasteiger partial charge is 0.309 e. The van der Waals surface area contributed by atoms with Gasteiger partial charge in [0.25, 0.3) is 0 Å². The van der Waals surface area contributed by atoms with Gasteiger partial charge in [-0.15, -0.1) is 0 Å². The first kappa shape index (κ1) is 54.1. The molecule has 0 saturated heterocycles. The van der Waals surface area contributed by atoms with Gasteiger partial charge >= 0.3 is 6.03 Å². The van der Waals surface area contributed by atoms with Gasteiger partial charge in [0, 0.05) is 49.7 Å². The molecule has 424 valence electrons. The second-order valence-corrected chi connectivity index (χ2v) is 30.1.